The van der Waals surface area contributed by atoms with Gasteiger partial charge in [-0.05, 0) is 57.9 Å². The minimum atomic E-state index is 0.434. The van der Waals surface area contributed by atoms with E-state index in [2.05, 4.69) is 112 Å². The van der Waals surface area contributed by atoms with Crippen molar-refractivity contribution in [1.82, 2.24) is 4.98 Å². The fourth-order valence-electron chi connectivity index (χ4n) is 4.19. The van der Waals surface area contributed by atoms with Gasteiger partial charge in [0.1, 0.15) is 0 Å². The number of rotatable bonds is 6. The van der Waals surface area contributed by atoms with Crippen LogP contribution < -0.4 is 0 Å². The molecule has 0 aliphatic rings. The molecule has 0 unspecified atom stereocenters. The van der Waals surface area contributed by atoms with Gasteiger partial charge in [0.2, 0.25) is 0 Å². The van der Waals surface area contributed by atoms with Crippen LogP contribution in [0.15, 0.2) is 103 Å². The van der Waals surface area contributed by atoms with Crippen LogP contribution in [0.5, 0.6) is 0 Å². The number of hydrogen-bond donors (Lipinski definition) is 0. The Hall–Kier alpha value is -3.45. The van der Waals surface area contributed by atoms with Crippen LogP contribution in [0.25, 0.3) is 11.1 Å². The van der Waals surface area contributed by atoms with Crippen LogP contribution in [0.1, 0.15) is 53.3 Å². The predicted octanol–water partition coefficient (Wildman–Crippen LogP) is 7.72. The van der Waals surface area contributed by atoms with Gasteiger partial charge in [0.05, 0.1) is 0 Å². The van der Waals surface area contributed by atoms with Crippen molar-refractivity contribution < 1.29 is 0 Å². The van der Waals surface area contributed by atoms with E-state index in [4.69, 9.17) is 4.98 Å². The maximum Gasteiger partial charge on any atom is 0.0476 e. The highest BCUT2D eigenvalue weighted by atomic mass is 14.7. The van der Waals surface area contributed by atoms with Crippen LogP contribution in [-0.2, 0) is 6.42 Å². The van der Waals surface area contributed by atoms with Crippen molar-refractivity contribution in [2.45, 2.75) is 33.1 Å². The molecule has 154 valence electrons. The molecule has 1 aromatic heterocycles. The Bertz CT molecular complexity index is 1130. The van der Waals surface area contributed by atoms with Crippen LogP contribution in [-0.4, -0.2) is 4.98 Å². The van der Waals surface area contributed by atoms with E-state index in [-0.39, 0.29) is 0 Å². The van der Waals surface area contributed by atoms with E-state index < -0.39 is 0 Å². The van der Waals surface area contributed by atoms with Crippen molar-refractivity contribution in [3.8, 4) is 0 Å². The molecule has 0 saturated carbocycles. The summed E-state index contributed by atoms with van der Waals surface area (Å²) < 4.78 is 0. The number of aryl methyl sites for hydroxylation is 1. The Labute approximate surface area is 186 Å². The summed E-state index contributed by atoms with van der Waals surface area (Å²) in [6.07, 6.45) is 2.69. The predicted molar refractivity (Wildman–Crippen MR) is 132 cm³/mol. The van der Waals surface area contributed by atoms with E-state index in [0.717, 1.165) is 12.1 Å². The Balaban J connectivity index is 2.06. The molecule has 1 heterocycles. The number of pyridine rings is 1. The molecule has 3 aromatic carbocycles. The summed E-state index contributed by atoms with van der Waals surface area (Å²) in [5.74, 6) is 0.434. The Morgan fingerprint density at radius 3 is 1.87 bits per heavy atom. The normalized spacial score (nSPS) is 10.8. The maximum atomic E-state index is 4.75. The van der Waals surface area contributed by atoms with Gasteiger partial charge in [0, 0.05) is 18.3 Å². The first kappa shape index (κ1) is 20.8. The van der Waals surface area contributed by atoms with Gasteiger partial charge in [-0.15, -0.1) is 0 Å². The lowest BCUT2D eigenvalue weighted by molar-refractivity contribution is 0.861. The fraction of sp³-hybridized carbons (Fsp3) is 0.167. The Morgan fingerprint density at radius 2 is 1.29 bits per heavy atom. The van der Waals surface area contributed by atoms with Gasteiger partial charge in [-0.2, -0.15) is 0 Å². The van der Waals surface area contributed by atoms with Crippen molar-refractivity contribution in [2.75, 3.05) is 0 Å². The summed E-state index contributed by atoms with van der Waals surface area (Å²) in [5.41, 5.74) is 10.1. The molecule has 31 heavy (non-hydrogen) atoms. The summed E-state index contributed by atoms with van der Waals surface area (Å²) in [4.78, 5) is 4.75. The molecule has 0 atom stereocenters. The molecule has 0 bridgehead atoms. The molecule has 0 amide bonds. The monoisotopic (exact) mass is 403 g/mol. The standard InChI is InChI=1S/C30H29N/c1-22(2)26-18-10-11-19-27(26)28(21-29-23(3)13-12-20-31-29)30(24-14-6-4-7-15-24)25-16-8-5-9-17-25/h4-20,22H,21H2,1-3H3. The molecule has 0 spiro atoms. The highest BCUT2D eigenvalue weighted by molar-refractivity contribution is 5.99. The second-order valence-electron chi connectivity index (χ2n) is 8.27. The third-order valence-corrected chi connectivity index (χ3v) is 5.80. The van der Waals surface area contributed by atoms with Crippen LogP contribution >= 0.6 is 0 Å². The molecule has 0 fully saturated rings. The van der Waals surface area contributed by atoms with E-state index in [1.54, 1.807) is 0 Å². The number of aromatic nitrogens is 1. The van der Waals surface area contributed by atoms with Gasteiger partial charge in [-0.3, -0.25) is 4.98 Å². The first-order chi connectivity index (χ1) is 15.1. The second-order valence-corrected chi connectivity index (χ2v) is 8.27. The van der Waals surface area contributed by atoms with E-state index >= 15 is 0 Å². The topological polar surface area (TPSA) is 12.9 Å². The summed E-state index contributed by atoms with van der Waals surface area (Å²) in [6, 6.07) is 34.5. The molecule has 4 aromatic rings. The molecule has 0 aliphatic carbocycles. The molecule has 0 radical (unpaired) electrons. The first-order valence-corrected chi connectivity index (χ1v) is 11.0. The third kappa shape index (κ3) is 4.67. The van der Waals surface area contributed by atoms with Gasteiger partial charge in [-0.25, -0.2) is 0 Å². The van der Waals surface area contributed by atoms with Gasteiger partial charge < -0.3 is 0 Å². The van der Waals surface area contributed by atoms with Gasteiger partial charge in [-0.1, -0.05) is 105 Å². The average Bonchev–Trinajstić information content (AvgIpc) is 2.81. The molecule has 1 heteroatoms. The second kappa shape index (κ2) is 9.57. The maximum absolute atomic E-state index is 4.75. The lowest BCUT2D eigenvalue weighted by Crippen LogP contribution is -2.05. The molecule has 0 saturated heterocycles. The SMILES string of the molecule is Cc1cccnc1CC(=C(c1ccccc1)c1ccccc1)c1ccccc1C(C)C. The Kier molecular flexibility index (Phi) is 6.43. The van der Waals surface area contributed by atoms with Crippen LogP contribution in [0.4, 0.5) is 0 Å². The van der Waals surface area contributed by atoms with Crippen molar-refractivity contribution in [1.29, 1.82) is 0 Å². The summed E-state index contributed by atoms with van der Waals surface area (Å²) in [5, 5.41) is 0. The zero-order valence-electron chi connectivity index (χ0n) is 18.5. The first-order valence-electron chi connectivity index (χ1n) is 11.0. The molecular weight excluding hydrogens is 374 g/mol. The number of nitrogens with zero attached hydrogens (tertiary/aromatic N) is 1. The third-order valence-electron chi connectivity index (χ3n) is 5.80. The van der Waals surface area contributed by atoms with Gasteiger partial charge in [0.15, 0.2) is 0 Å². The van der Waals surface area contributed by atoms with E-state index in [1.807, 2.05) is 12.3 Å². The lowest BCUT2D eigenvalue weighted by atomic mass is 9.83. The molecule has 0 aliphatic heterocycles. The minimum Gasteiger partial charge on any atom is -0.261 e. The minimum absolute atomic E-state index is 0.434. The molecule has 4 rings (SSSR count). The van der Waals surface area contributed by atoms with Crippen molar-refractivity contribution in [3.63, 3.8) is 0 Å². The van der Waals surface area contributed by atoms with E-state index in [9.17, 15) is 0 Å². The summed E-state index contributed by atoms with van der Waals surface area (Å²) >= 11 is 0. The van der Waals surface area contributed by atoms with Gasteiger partial charge in [0.25, 0.3) is 0 Å². The fourth-order valence-corrected chi connectivity index (χ4v) is 4.19. The van der Waals surface area contributed by atoms with Crippen molar-refractivity contribution in [3.05, 3.63) is 137 Å². The summed E-state index contributed by atoms with van der Waals surface area (Å²) in [7, 11) is 0. The molecule has 0 N–H and O–H groups in total. The van der Waals surface area contributed by atoms with Crippen molar-refractivity contribution in [2.24, 2.45) is 0 Å². The van der Waals surface area contributed by atoms with Crippen LogP contribution in [0, 0.1) is 6.92 Å². The van der Waals surface area contributed by atoms with Crippen molar-refractivity contribution >= 4 is 11.1 Å². The summed E-state index contributed by atoms with van der Waals surface area (Å²) in [6.45, 7) is 6.69. The highest BCUT2D eigenvalue weighted by Gasteiger charge is 2.19. The molecule has 1 nitrogen and oxygen atoms in total. The number of hydrogen-bond acceptors (Lipinski definition) is 1. The average molecular weight is 404 g/mol. The smallest absolute Gasteiger partial charge is 0.0476 e. The van der Waals surface area contributed by atoms with Crippen LogP contribution in [0.2, 0.25) is 0 Å². The molecular formula is C30H29N. The number of allylic oxidation sites excluding steroid dienone is 1. The zero-order valence-corrected chi connectivity index (χ0v) is 18.5. The van der Waals surface area contributed by atoms with E-state index in [0.29, 0.717) is 5.92 Å². The lowest BCUT2D eigenvalue weighted by Gasteiger charge is -2.21. The van der Waals surface area contributed by atoms with E-state index in [1.165, 1.54) is 39.0 Å². The largest absolute Gasteiger partial charge is 0.261 e. The number of benzene rings is 3. The quantitative estimate of drug-likeness (QED) is 0.300. The highest BCUT2D eigenvalue weighted by Crippen LogP contribution is 2.37. The zero-order chi connectivity index (χ0) is 21.6. The Morgan fingerprint density at radius 1 is 0.710 bits per heavy atom. The van der Waals surface area contributed by atoms with Gasteiger partial charge >= 0.3 is 0 Å². The van der Waals surface area contributed by atoms with Crippen LogP contribution in [0.3, 0.4) is 0 Å².